The summed E-state index contributed by atoms with van der Waals surface area (Å²) in [5.74, 6) is 0.320. The Balaban J connectivity index is 2.99. The molecule has 0 rings (SSSR count). The molecule has 0 fully saturated rings. The topological polar surface area (TPSA) is 65.8 Å². The summed E-state index contributed by atoms with van der Waals surface area (Å²) in [5, 5.41) is 3.52. The molecule has 0 saturated carbocycles. The quantitative estimate of drug-likeness (QED) is 0.176. The Hall–Kier alpha value is -1.02. The minimum absolute atomic E-state index is 0.320. The summed E-state index contributed by atoms with van der Waals surface area (Å²) in [6, 6.07) is 0. The lowest BCUT2D eigenvalue weighted by Gasteiger charge is -2.02. The first-order chi connectivity index (χ1) is 9.27. The first-order valence-electron chi connectivity index (χ1n) is 7.77. The maximum absolute atomic E-state index is 10.7. The van der Waals surface area contributed by atoms with Gasteiger partial charge in [0.1, 0.15) is 5.78 Å². The molecule has 0 amide bonds. The predicted molar refractivity (Wildman–Crippen MR) is 80.1 cm³/mol. The van der Waals surface area contributed by atoms with E-state index in [0.717, 1.165) is 19.3 Å². The van der Waals surface area contributed by atoms with Crippen LogP contribution in [0.4, 0.5) is 0 Å². The lowest BCUT2D eigenvalue weighted by atomic mass is 10.0. The maximum atomic E-state index is 10.7. The third kappa shape index (κ3) is 17.0. The van der Waals surface area contributed by atoms with Crippen molar-refractivity contribution >= 4 is 5.78 Å². The number of carbonyl (C=O) groups is 1. The number of hydrogen-bond acceptors (Lipinski definition) is 2. The summed E-state index contributed by atoms with van der Waals surface area (Å²) in [6.45, 7) is 2.32. The molecule has 110 valence electrons. The molecule has 4 nitrogen and oxygen atoms in total. The normalized spacial score (nSPS) is 10.2. The number of unbranched alkanes of at least 4 members (excludes halogenated alkanes) is 10. The number of nitrogens with zero attached hydrogens (tertiary/aromatic N) is 3. The summed E-state index contributed by atoms with van der Waals surface area (Å²) in [7, 11) is 0. The average Bonchev–Trinajstić information content (AvgIpc) is 2.39. The van der Waals surface area contributed by atoms with Gasteiger partial charge in [0.25, 0.3) is 0 Å². The second-order valence-corrected chi connectivity index (χ2v) is 5.30. The maximum Gasteiger partial charge on any atom is 0.129 e. The minimum atomic E-state index is 0.320. The van der Waals surface area contributed by atoms with E-state index in [9.17, 15) is 4.79 Å². The molecule has 0 spiro atoms. The van der Waals surface area contributed by atoms with Gasteiger partial charge < -0.3 is 4.79 Å². The van der Waals surface area contributed by atoms with Crippen LogP contribution in [0.1, 0.15) is 84.0 Å². The molecule has 0 aliphatic heterocycles. The molecule has 0 aromatic rings. The van der Waals surface area contributed by atoms with E-state index in [4.69, 9.17) is 5.53 Å². The van der Waals surface area contributed by atoms with Gasteiger partial charge in [-0.05, 0) is 25.3 Å². The van der Waals surface area contributed by atoms with Crippen LogP contribution >= 0.6 is 0 Å². The second-order valence-electron chi connectivity index (χ2n) is 5.30. The van der Waals surface area contributed by atoms with Crippen molar-refractivity contribution in [2.45, 2.75) is 84.0 Å². The molecule has 19 heavy (non-hydrogen) atoms. The van der Waals surface area contributed by atoms with E-state index in [-0.39, 0.29) is 0 Å². The highest BCUT2D eigenvalue weighted by molar-refractivity contribution is 5.75. The summed E-state index contributed by atoms with van der Waals surface area (Å²) in [5.41, 5.74) is 8.11. The van der Waals surface area contributed by atoms with Gasteiger partial charge in [-0.25, -0.2) is 0 Å². The van der Waals surface area contributed by atoms with E-state index in [0.29, 0.717) is 12.3 Å². The molecule has 0 aliphatic carbocycles. The third-order valence-electron chi connectivity index (χ3n) is 3.35. The van der Waals surface area contributed by atoms with Crippen molar-refractivity contribution < 1.29 is 4.79 Å². The van der Waals surface area contributed by atoms with Crippen LogP contribution in [0, 0.1) is 0 Å². The van der Waals surface area contributed by atoms with Crippen molar-refractivity contribution in [1.82, 2.24) is 0 Å². The number of hydrogen-bond donors (Lipinski definition) is 0. The summed E-state index contributed by atoms with van der Waals surface area (Å²) in [4.78, 5) is 13.5. The largest absolute Gasteiger partial charge is 0.300 e. The van der Waals surface area contributed by atoms with Gasteiger partial charge >= 0.3 is 0 Å². The van der Waals surface area contributed by atoms with Gasteiger partial charge in [0.2, 0.25) is 0 Å². The van der Waals surface area contributed by atoms with E-state index in [1.807, 2.05) is 0 Å². The van der Waals surface area contributed by atoms with E-state index >= 15 is 0 Å². The Morgan fingerprint density at radius 3 is 1.68 bits per heavy atom. The Kier molecular flexibility index (Phi) is 14.2. The molecule has 0 heterocycles. The highest BCUT2D eigenvalue weighted by Gasteiger charge is 1.95. The van der Waals surface area contributed by atoms with Crippen LogP contribution in [0.2, 0.25) is 0 Å². The fraction of sp³-hybridized carbons (Fsp3) is 0.933. The van der Waals surface area contributed by atoms with Crippen molar-refractivity contribution in [3.05, 3.63) is 10.4 Å². The Morgan fingerprint density at radius 2 is 1.26 bits per heavy atom. The fourth-order valence-electron chi connectivity index (χ4n) is 2.19. The predicted octanol–water partition coefficient (Wildman–Crippen LogP) is 5.57. The summed E-state index contributed by atoms with van der Waals surface area (Å²) < 4.78 is 0. The SMILES string of the molecule is CC(=O)CCCCCCCCCCCCCN=[N+]=[N-]. The Morgan fingerprint density at radius 1 is 0.842 bits per heavy atom. The van der Waals surface area contributed by atoms with Crippen molar-refractivity contribution in [1.29, 1.82) is 0 Å². The van der Waals surface area contributed by atoms with Crippen LogP contribution in [-0.4, -0.2) is 12.3 Å². The van der Waals surface area contributed by atoms with Gasteiger partial charge in [-0.2, -0.15) is 0 Å². The van der Waals surface area contributed by atoms with E-state index < -0.39 is 0 Å². The number of ketones is 1. The molecule has 0 aromatic carbocycles. The van der Waals surface area contributed by atoms with Gasteiger partial charge in [0.15, 0.2) is 0 Å². The van der Waals surface area contributed by atoms with Crippen LogP contribution in [0.3, 0.4) is 0 Å². The molecule has 0 atom stereocenters. The monoisotopic (exact) mass is 267 g/mol. The first-order valence-corrected chi connectivity index (χ1v) is 7.77. The van der Waals surface area contributed by atoms with Crippen molar-refractivity contribution in [2.24, 2.45) is 5.11 Å². The zero-order valence-corrected chi connectivity index (χ0v) is 12.4. The molecule has 0 unspecified atom stereocenters. The lowest BCUT2D eigenvalue weighted by molar-refractivity contribution is -0.117. The van der Waals surface area contributed by atoms with Gasteiger partial charge in [-0.3, -0.25) is 0 Å². The van der Waals surface area contributed by atoms with Crippen LogP contribution < -0.4 is 0 Å². The smallest absolute Gasteiger partial charge is 0.129 e. The first kappa shape index (κ1) is 18.0. The van der Waals surface area contributed by atoms with Crippen LogP contribution in [0.15, 0.2) is 5.11 Å². The Labute approximate surface area is 117 Å². The van der Waals surface area contributed by atoms with Gasteiger partial charge in [-0.1, -0.05) is 62.9 Å². The number of carbonyl (C=O) groups excluding carboxylic acids is 1. The van der Waals surface area contributed by atoms with Gasteiger partial charge in [0.05, 0.1) is 0 Å². The van der Waals surface area contributed by atoms with E-state index in [1.165, 1.54) is 57.8 Å². The van der Waals surface area contributed by atoms with Gasteiger partial charge in [-0.15, -0.1) is 0 Å². The van der Waals surface area contributed by atoms with Gasteiger partial charge in [0, 0.05) is 17.9 Å². The average molecular weight is 267 g/mol. The molecule has 0 N–H and O–H groups in total. The van der Waals surface area contributed by atoms with Crippen LogP contribution in [0.5, 0.6) is 0 Å². The standard InChI is InChI=1S/C15H29N3O/c1-15(19)13-11-9-7-5-3-2-4-6-8-10-12-14-17-18-16/h2-14H2,1H3. The fourth-order valence-corrected chi connectivity index (χ4v) is 2.19. The van der Waals surface area contributed by atoms with E-state index in [2.05, 4.69) is 10.0 Å². The molecular weight excluding hydrogens is 238 g/mol. The molecule has 0 radical (unpaired) electrons. The number of rotatable bonds is 14. The zero-order valence-electron chi connectivity index (χ0n) is 12.4. The molecular formula is C15H29N3O. The summed E-state index contributed by atoms with van der Waals surface area (Å²) in [6.07, 6.45) is 14.4. The van der Waals surface area contributed by atoms with E-state index in [1.54, 1.807) is 6.92 Å². The number of azide groups is 1. The molecule has 0 aliphatic rings. The molecule has 0 bridgehead atoms. The number of Topliss-reactive ketones (excluding diaryl/α,β-unsaturated/α-hetero) is 1. The highest BCUT2D eigenvalue weighted by Crippen LogP contribution is 2.12. The second kappa shape index (κ2) is 15.0. The lowest BCUT2D eigenvalue weighted by Crippen LogP contribution is -1.89. The minimum Gasteiger partial charge on any atom is -0.300 e. The van der Waals surface area contributed by atoms with Crippen molar-refractivity contribution in [3.8, 4) is 0 Å². The molecule has 0 aromatic heterocycles. The third-order valence-corrected chi connectivity index (χ3v) is 3.35. The summed E-state index contributed by atoms with van der Waals surface area (Å²) >= 11 is 0. The van der Waals surface area contributed by atoms with Crippen LogP contribution in [0.25, 0.3) is 10.4 Å². The molecule has 4 heteroatoms. The molecule has 0 saturated heterocycles. The Bertz CT molecular complexity index is 248. The zero-order chi connectivity index (χ0) is 14.2. The van der Waals surface area contributed by atoms with Crippen molar-refractivity contribution in [3.63, 3.8) is 0 Å². The highest BCUT2D eigenvalue weighted by atomic mass is 16.1. The van der Waals surface area contributed by atoms with Crippen LogP contribution in [-0.2, 0) is 4.79 Å². The van der Waals surface area contributed by atoms with Crippen molar-refractivity contribution in [2.75, 3.05) is 6.54 Å².